The highest BCUT2D eigenvalue weighted by Crippen LogP contribution is 2.36. The van der Waals surface area contributed by atoms with Gasteiger partial charge >= 0.3 is 6.18 Å². The maximum absolute atomic E-state index is 12.8. The summed E-state index contributed by atoms with van der Waals surface area (Å²) in [6, 6.07) is 3.89. The van der Waals surface area contributed by atoms with Crippen LogP contribution in [0.15, 0.2) is 18.2 Å². The maximum Gasteiger partial charge on any atom is 0.418 e. The predicted molar refractivity (Wildman–Crippen MR) is 67.9 cm³/mol. The Morgan fingerprint density at radius 3 is 2.68 bits per heavy atom. The Hall–Kier alpha value is -1.43. The average molecular weight is 274 g/mol. The third-order valence-corrected chi connectivity index (χ3v) is 3.24. The molecule has 0 saturated carbocycles. The van der Waals surface area contributed by atoms with Crippen LogP contribution in [0.2, 0.25) is 0 Å². The van der Waals surface area contributed by atoms with Crippen molar-refractivity contribution < 1.29 is 17.9 Å². The van der Waals surface area contributed by atoms with E-state index in [0.29, 0.717) is 18.9 Å². The van der Waals surface area contributed by atoms with Gasteiger partial charge in [-0.2, -0.15) is 13.2 Å². The predicted octanol–water partition coefficient (Wildman–Crippen LogP) is 3.27. The number of anilines is 2. The van der Waals surface area contributed by atoms with E-state index in [1.54, 1.807) is 6.07 Å². The van der Waals surface area contributed by atoms with E-state index in [-0.39, 0.29) is 11.2 Å². The summed E-state index contributed by atoms with van der Waals surface area (Å²) in [5, 5.41) is 3.12. The topological polar surface area (TPSA) is 47.3 Å². The van der Waals surface area contributed by atoms with Crippen molar-refractivity contribution in [1.82, 2.24) is 0 Å². The number of halogens is 3. The third-order valence-electron chi connectivity index (χ3n) is 3.24. The molecular formula is C13H17F3N2O. The minimum absolute atomic E-state index is 0.261. The lowest BCUT2D eigenvalue weighted by Crippen LogP contribution is -2.43. The molecule has 3 N–H and O–H groups in total. The van der Waals surface area contributed by atoms with Gasteiger partial charge in [-0.3, -0.25) is 0 Å². The molecule has 2 rings (SSSR count). The standard InChI is InChI=1S/C13H17F3N2O/c1-12(5-2-6-19-8-12)18-9-3-4-11(17)10(7-9)13(14,15)16/h3-4,7,18H,2,5-6,8,17H2,1H3. The van der Waals surface area contributed by atoms with E-state index in [4.69, 9.17) is 10.5 Å². The fraction of sp³-hybridized carbons (Fsp3) is 0.538. The molecule has 0 amide bonds. The van der Waals surface area contributed by atoms with Gasteiger partial charge in [0.15, 0.2) is 0 Å². The van der Waals surface area contributed by atoms with Crippen LogP contribution < -0.4 is 11.1 Å². The lowest BCUT2D eigenvalue weighted by Gasteiger charge is -2.35. The van der Waals surface area contributed by atoms with Gasteiger partial charge in [0.2, 0.25) is 0 Å². The van der Waals surface area contributed by atoms with E-state index >= 15 is 0 Å². The van der Waals surface area contributed by atoms with Gasteiger partial charge in [-0.1, -0.05) is 0 Å². The van der Waals surface area contributed by atoms with Crippen LogP contribution in [0.5, 0.6) is 0 Å². The zero-order valence-corrected chi connectivity index (χ0v) is 10.7. The highest BCUT2D eigenvalue weighted by Gasteiger charge is 2.34. The van der Waals surface area contributed by atoms with E-state index in [1.165, 1.54) is 6.07 Å². The van der Waals surface area contributed by atoms with Crippen LogP contribution in [0.4, 0.5) is 24.5 Å². The van der Waals surface area contributed by atoms with Gasteiger partial charge in [0, 0.05) is 18.0 Å². The van der Waals surface area contributed by atoms with Gasteiger partial charge in [0.1, 0.15) is 0 Å². The zero-order chi connectivity index (χ0) is 14.1. The number of hydrogen-bond donors (Lipinski definition) is 2. The lowest BCUT2D eigenvalue weighted by atomic mass is 9.94. The molecule has 1 saturated heterocycles. The summed E-state index contributed by atoms with van der Waals surface area (Å²) in [5.74, 6) is 0. The first-order valence-corrected chi connectivity index (χ1v) is 6.13. The molecule has 106 valence electrons. The number of nitrogens with one attached hydrogen (secondary N) is 1. The first kappa shape index (κ1) is 14.0. The van der Waals surface area contributed by atoms with Gasteiger partial charge in [-0.25, -0.2) is 0 Å². The molecular weight excluding hydrogens is 257 g/mol. The van der Waals surface area contributed by atoms with E-state index in [1.807, 2.05) is 6.92 Å². The lowest BCUT2D eigenvalue weighted by molar-refractivity contribution is -0.136. The molecule has 0 radical (unpaired) electrons. The average Bonchev–Trinajstić information content (AvgIpc) is 2.31. The third kappa shape index (κ3) is 3.32. The summed E-state index contributed by atoms with van der Waals surface area (Å²) in [6.07, 6.45) is -2.69. The molecule has 1 heterocycles. The number of benzene rings is 1. The molecule has 1 aliphatic rings. The summed E-state index contributed by atoms with van der Waals surface area (Å²) in [6.45, 7) is 3.13. The van der Waals surface area contributed by atoms with Crippen molar-refractivity contribution in [2.45, 2.75) is 31.5 Å². The molecule has 0 spiro atoms. The SMILES string of the molecule is CC1(Nc2ccc(N)c(C(F)(F)F)c2)CCCOC1. The summed E-state index contributed by atoms with van der Waals surface area (Å²) >= 11 is 0. The quantitative estimate of drug-likeness (QED) is 0.814. The van der Waals surface area contributed by atoms with Gasteiger partial charge in [0.25, 0.3) is 0 Å². The van der Waals surface area contributed by atoms with Crippen molar-refractivity contribution in [3.05, 3.63) is 23.8 Å². The van der Waals surface area contributed by atoms with Crippen LogP contribution in [0.3, 0.4) is 0 Å². The van der Waals surface area contributed by atoms with Crippen molar-refractivity contribution in [2.24, 2.45) is 0 Å². The molecule has 1 aromatic carbocycles. The van der Waals surface area contributed by atoms with Crippen LogP contribution in [0, 0.1) is 0 Å². The molecule has 1 atom stereocenters. The van der Waals surface area contributed by atoms with Crippen molar-refractivity contribution in [3.8, 4) is 0 Å². The molecule has 1 fully saturated rings. The summed E-state index contributed by atoms with van der Waals surface area (Å²) in [5.41, 5.74) is 4.38. The number of nitrogen functional groups attached to an aromatic ring is 1. The monoisotopic (exact) mass is 274 g/mol. The maximum atomic E-state index is 12.8. The second kappa shape index (κ2) is 4.92. The number of nitrogens with two attached hydrogens (primary N) is 1. The van der Waals surface area contributed by atoms with Crippen LogP contribution in [0.1, 0.15) is 25.3 Å². The van der Waals surface area contributed by atoms with Crippen molar-refractivity contribution >= 4 is 11.4 Å². The fourth-order valence-corrected chi connectivity index (χ4v) is 2.26. The van der Waals surface area contributed by atoms with E-state index in [9.17, 15) is 13.2 Å². The Kier molecular flexibility index (Phi) is 3.62. The largest absolute Gasteiger partial charge is 0.418 e. The van der Waals surface area contributed by atoms with Crippen molar-refractivity contribution in [2.75, 3.05) is 24.3 Å². The Morgan fingerprint density at radius 2 is 2.11 bits per heavy atom. The fourth-order valence-electron chi connectivity index (χ4n) is 2.26. The van der Waals surface area contributed by atoms with E-state index in [2.05, 4.69) is 5.32 Å². The highest BCUT2D eigenvalue weighted by molar-refractivity contribution is 5.59. The number of rotatable bonds is 2. The van der Waals surface area contributed by atoms with Crippen molar-refractivity contribution in [3.63, 3.8) is 0 Å². The van der Waals surface area contributed by atoms with Gasteiger partial charge in [0.05, 0.1) is 17.7 Å². The summed E-state index contributed by atoms with van der Waals surface area (Å²) in [7, 11) is 0. The van der Waals surface area contributed by atoms with Gasteiger partial charge in [-0.15, -0.1) is 0 Å². The molecule has 0 bridgehead atoms. The Balaban J connectivity index is 2.21. The second-order valence-corrected chi connectivity index (χ2v) is 5.14. The normalized spacial score (nSPS) is 24.2. The second-order valence-electron chi connectivity index (χ2n) is 5.14. The van der Waals surface area contributed by atoms with Crippen LogP contribution in [0.25, 0.3) is 0 Å². The minimum atomic E-state index is -4.44. The van der Waals surface area contributed by atoms with Crippen LogP contribution in [-0.2, 0) is 10.9 Å². The number of alkyl halides is 3. The highest BCUT2D eigenvalue weighted by atomic mass is 19.4. The smallest absolute Gasteiger partial charge is 0.398 e. The Morgan fingerprint density at radius 1 is 1.37 bits per heavy atom. The van der Waals surface area contributed by atoms with Crippen LogP contribution in [-0.4, -0.2) is 18.8 Å². The van der Waals surface area contributed by atoms with Crippen LogP contribution >= 0.6 is 0 Å². The first-order valence-electron chi connectivity index (χ1n) is 6.13. The van der Waals surface area contributed by atoms with Gasteiger partial charge < -0.3 is 15.8 Å². The van der Waals surface area contributed by atoms with Crippen molar-refractivity contribution in [1.29, 1.82) is 0 Å². The molecule has 6 heteroatoms. The number of hydrogen-bond acceptors (Lipinski definition) is 3. The van der Waals surface area contributed by atoms with Gasteiger partial charge in [-0.05, 0) is 38.0 Å². The van der Waals surface area contributed by atoms with E-state index in [0.717, 1.165) is 18.9 Å². The molecule has 1 unspecified atom stereocenters. The minimum Gasteiger partial charge on any atom is -0.398 e. The molecule has 0 aromatic heterocycles. The molecule has 0 aliphatic carbocycles. The Bertz CT molecular complexity index is 454. The molecule has 1 aromatic rings. The molecule has 1 aliphatic heterocycles. The Labute approximate surface area is 109 Å². The first-order chi connectivity index (χ1) is 8.80. The zero-order valence-electron chi connectivity index (χ0n) is 10.7. The molecule has 3 nitrogen and oxygen atoms in total. The summed E-state index contributed by atoms with van der Waals surface area (Å²) in [4.78, 5) is 0. The van der Waals surface area contributed by atoms with E-state index < -0.39 is 11.7 Å². The summed E-state index contributed by atoms with van der Waals surface area (Å²) < 4.78 is 43.7. The number of ether oxygens (including phenoxy) is 1. The molecule has 19 heavy (non-hydrogen) atoms.